The van der Waals surface area contributed by atoms with Crippen molar-refractivity contribution in [3.05, 3.63) is 45.8 Å². The molecule has 2 aromatic heterocycles. The number of hydrogen-bond donors (Lipinski definition) is 1. The maximum absolute atomic E-state index is 12.1. The Balaban J connectivity index is 2.05. The van der Waals surface area contributed by atoms with E-state index in [2.05, 4.69) is 10.3 Å². The molecule has 110 valence electrons. The maximum atomic E-state index is 12.1. The number of nitrogens with one attached hydrogen (secondary N) is 1. The first-order chi connectivity index (χ1) is 9.99. The second-order valence-electron chi connectivity index (χ2n) is 4.78. The topological polar surface area (TPSA) is 62.3 Å². The van der Waals surface area contributed by atoms with Crippen LogP contribution in [0.4, 0.5) is 5.82 Å². The average molecular weight is 303 g/mol. The molecule has 0 aromatic carbocycles. The van der Waals surface area contributed by atoms with Crippen LogP contribution >= 0.6 is 11.3 Å². The zero-order valence-electron chi connectivity index (χ0n) is 12.2. The summed E-state index contributed by atoms with van der Waals surface area (Å²) in [5.74, 6) is 0.621. The fraction of sp³-hybridized carbons (Fsp3) is 0.267. The molecule has 0 atom stereocenters. The quantitative estimate of drug-likeness (QED) is 0.861. The number of ketones is 1. The van der Waals surface area contributed by atoms with Gasteiger partial charge in [-0.3, -0.25) is 9.59 Å². The number of nitrogens with zero attached hydrogens (tertiary/aromatic N) is 2. The number of thiophene rings is 1. The van der Waals surface area contributed by atoms with E-state index in [1.54, 1.807) is 18.3 Å². The lowest BCUT2D eigenvalue weighted by atomic mass is 10.2. The highest BCUT2D eigenvalue weighted by Crippen LogP contribution is 2.18. The number of carbonyl (C=O) groups is 2. The Kier molecular flexibility index (Phi) is 4.70. The Morgan fingerprint density at radius 2 is 1.95 bits per heavy atom. The Morgan fingerprint density at radius 3 is 2.57 bits per heavy atom. The fourth-order valence-corrected chi connectivity index (χ4v) is 2.70. The first kappa shape index (κ1) is 15.2. The van der Waals surface area contributed by atoms with Crippen LogP contribution in [-0.2, 0) is 6.54 Å². The van der Waals surface area contributed by atoms with Gasteiger partial charge < -0.3 is 10.2 Å². The molecule has 1 amide bonds. The lowest BCUT2D eigenvalue weighted by Crippen LogP contribution is -2.23. The highest BCUT2D eigenvalue weighted by atomic mass is 32.1. The number of anilines is 1. The van der Waals surface area contributed by atoms with Crippen LogP contribution < -0.4 is 10.2 Å². The van der Waals surface area contributed by atoms with Gasteiger partial charge in [-0.2, -0.15) is 0 Å². The zero-order chi connectivity index (χ0) is 15.4. The van der Waals surface area contributed by atoms with Gasteiger partial charge in [0.25, 0.3) is 5.91 Å². The smallest absolute Gasteiger partial charge is 0.261 e. The summed E-state index contributed by atoms with van der Waals surface area (Å²) in [5, 5.41) is 2.86. The number of aromatic nitrogens is 1. The molecule has 0 aliphatic rings. The molecule has 0 aliphatic carbocycles. The van der Waals surface area contributed by atoms with Crippen LogP contribution in [0.2, 0.25) is 0 Å². The molecule has 0 saturated heterocycles. The van der Waals surface area contributed by atoms with Crippen molar-refractivity contribution in [1.29, 1.82) is 0 Å². The first-order valence-electron chi connectivity index (χ1n) is 6.49. The predicted octanol–water partition coefficient (Wildman–Crippen LogP) is 2.34. The van der Waals surface area contributed by atoms with Crippen LogP contribution in [0.1, 0.15) is 31.8 Å². The van der Waals surface area contributed by atoms with Gasteiger partial charge in [-0.15, -0.1) is 11.3 Å². The van der Waals surface area contributed by atoms with E-state index in [0.717, 1.165) is 11.4 Å². The van der Waals surface area contributed by atoms with Crippen molar-refractivity contribution in [1.82, 2.24) is 10.3 Å². The molecule has 0 unspecified atom stereocenters. The molecule has 5 nitrogen and oxygen atoms in total. The molecule has 0 spiro atoms. The standard InChI is InChI=1S/C15H17N3O2S/c1-10(19)12-6-7-13(21-12)15(20)17-9-11-5-4-8-16-14(11)18(2)3/h4-8H,9H2,1-3H3,(H,17,20). The number of rotatable bonds is 5. The molecule has 21 heavy (non-hydrogen) atoms. The van der Waals surface area contributed by atoms with E-state index < -0.39 is 0 Å². The normalized spacial score (nSPS) is 10.2. The average Bonchev–Trinajstić information content (AvgIpc) is 2.95. The van der Waals surface area contributed by atoms with Crippen molar-refractivity contribution in [2.75, 3.05) is 19.0 Å². The number of carbonyl (C=O) groups excluding carboxylic acids is 2. The molecule has 0 radical (unpaired) electrons. The summed E-state index contributed by atoms with van der Waals surface area (Å²) in [7, 11) is 3.82. The Morgan fingerprint density at radius 1 is 1.24 bits per heavy atom. The lowest BCUT2D eigenvalue weighted by Gasteiger charge is -2.15. The third-order valence-electron chi connectivity index (χ3n) is 2.91. The second-order valence-corrected chi connectivity index (χ2v) is 5.87. The lowest BCUT2D eigenvalue weighted by molar-refractivity contribution is 0.0954. The maximum Gasteiger partial charge on any atom is 0.261 e. The fourth-order valence-electron chi connectivity index (χ4n) is 1.88. The predicted molar refractivity (Wildman–Crippen MR) is 84.1 cm³/mol. The monoisotopic (exact) mass is 303 g/mol. The molecule has 2 aromatic rings. The molecule has 0 fully saturated rings. The van der Waals surface area contributed by atoms with Gasteiger partial charge in [0.15, 0.2) is 5.78 Å². The van der Waals surface area contributed by atoms with Gasteiger partial charge in [0, 0.05) is 32.4 Å². The molecular formula is C15H17N3O2S. The van der Waals surface area contributed by atoms with Gasteiger partial charge in [0.05, 0.1) is 9.75 Å². The number of hydrogen-bond acceptors (Lipinski definition) is 5. The van der Waals surface area contributed by atoms with Gasteiger partial charge in [-0.1, -0.05) is 6.07 Å². The van der Waals surface area contributed by atoms with Crippen molar-refractivity contribution >= 4 is 28.8 Å². The molecule has 1 N–H and O–H groups in total. The molecule has 2 heterocycles. The summed E-state index contributed by atoms with van der Waals surface area (Å²) >= 11 is 1.21. The summed E-state index contributed by atoms with van der Waals surface area (Å²) in [4.78, 5) is 30.7. The first-order valence-corrected chi connectivity index (χ1v) is 7.31. The van der Waals surface area contributed by atoms with Crippen molar-refractivity contribution in [3.8, 4) is 0 Å². The van der Waals surface area contributed by atoms with Crippen LogP contribution in [0.5, 0.6) is 0 Å². The van der Waals surface area contributed by atoms with Crippen LogP contribution in [0.3, 0.4) is 0 Å². The van der Waals surface area contributed by atoms with Gasteiger partial charge in [-0.25, -0.2) is 4.98 Å². The largest absolute Gasteiger partial charge is 0.362 e. The van der Waals surface area contributed by atoms with E-state index in [1.165, 1.54) is 18.3 Å². The zero-order valence-corrected chi connectivity index (χ0v) is 13.0. The minimum Gasteiger partial charge on any atom is -0.362 e. The van der Waals surface area contributed by atoms with Crippen molar-refractivity contribution in [3.63, 3.8) is 0 Å². The van der Waals surface area contributed by atoms with E-state index in [0.29, 0.717) is 16.3 Å². The van der Waals surface area contributed by atoms with Crippen LogP contribution in [0, 0.1) is 0 Å². The summed E-state index contributed by atoms with van der Waals surface area (Å²) in [6, 6.07) is 7.12. The second kappa shape index (κ2) is 6.49. The SMILES string of the molecule is CC(=O)c1ccc(C(=O)NCc2cccnc2N(C)C)s1. The Labute approximate surface area is 127 Å². The molecular weight excluding hydrogens is 286 g/mol. The summed E-state index contributed by atoms with van der Waals surface area (Å²) in [6.45, 7) is 1.89. The highest BCUT2D eigenvalue weighted by molar-refractivity contribution is 7.15. The summed E-state index contributed by atoms with van der Waals surface area (Å²) < 4.78 is 0. The van der Waals surface area contributed by atoms with Crippen molar-refractivity contribution in [2.24, 2.45) is 0 Å². The minimum atomic E-state index is -0.180. The van der Waals surface area contributed by atoms with Gasteiger partial charge in [-0.05, 0) is 25.1 Å². The van der Waals surface area contributed by atoms with E-state index in [1.807, 2.05) is 31.1 Å². The van der Waals surface area contributed by atoms with Gasteiger partial charge in [0.2, 0.25) is 0 Å². The van der Waals surface area contributed by atoms with Crippen molar-refractivity contribution in [2.45, 2.75) is 13.5 Å². The van der Waals surface area contributed by atoms with Crippen LogP contribution in [0.25, 0.3) is 0 Å². The van der Waals surface area contributed by atoms with E-state index >= 15 is 0 Å². The summed E-state index contributed by atoms with van der Waals surface area (Å²) in [6.07, 6.45) is 1.72. The van der Waals surface area contributed by atoms with Gasteiger partial charge >= 0.3 is 0 Å². The Hall–Kier alpha value is -2.21. The molecule has 2 rings (SSSR count). The van der Waals surface area contributed by atoms with Crippen LogP contribution in [-0.4, -0.2) is 30.8 Å². The van der Waals surface area contributed by atoms with Gasteiger partial charge in [0.1, 0.15) is 5.82 Å². The van der Waals surface area contributed by atoms with E-state index in [4.69, 9.17) is 0 Å². The Bertz CT molecular complexity index is 664. The van der Waals surface area contributed by atoms with Crippen LogP contribution in [0.15, 0.2) is 30.5 Å². The third-order valence-corrected chi connectivity index (χ3v) is 4.09. The van der Waals surface area contributed by atoms with Crippen molar-refractivity contribution < 1.29 is 9.59 Å². The number of amides is 1. The van der Waals surface area contributed by atoms with E-state index in [9.17, 15) is 9.59 Å². The summed E-state index contributed by atoms with van der Waals surface area (Å²) in [5.41, 5.74) is 0.944. The number of pyridine rings is 1. The molecule has 6 heteroatoms. The minimum absolute atomic E-state index is 0.0267. The molecule has 0 bridgehead atoms. The third kappa shape index (κ3) is 3.66. The molecule has 0 saturated carbocycles. The number of Topliss-reactive ketones (excluding diaryl/α,β-unsaturated/α-hetero) is 1. The molecule has 0 aliphatic heterocycles. The van der Waals surface area contributed by atoms with E-state index in [-0.39, 0.29) is 11.7 Å². The highest BCUT2D eigenvalue weighted by Gasteiger charge is 2.12.